The molecule has 4 rings (SSSR count). The Labute approximate surface area is 164 Å². The highest BCUT2D eigenvalue weighted by Gasteiger charge is 2.21. The largest absolute Gasteiger partial charge is 0.397 e. The van der Waals surface area contributed by atoms with Gasteiger partial charge in [-0.1, -0.05) is 6.07 Å². The van der Waals surface area contributed by atoms with Crippen molar-refractivity contribution < 1.29 is 4.79 Å². The van der Waals surface area contributed by atoms with Gasteiger partial charge >= 0.3 is 0 Å². The number of fused-ring (bicyclic) bond motifs is 1. The van der Waals surface area contributed by atoms with Gasteiger partial charge in [-0.3, -0.25) is 15.1 Å². The lowest BCUT2D eigenvalue weighted by Crippen LogP contribution is -2.11. The summed E-state index contributed by atoms with van der Waals surface area (Å²) in [4.78, 5) is 27.3. The fourth-order valence-electron chi connectivity index (χ4n) is 2.85. The highest BCUT2D eigenvalue weighted by atomic mass is 32.1. The van der Waals surface area contributed by atoms with Gasteiger partial charge in [0, 0.05) is 22.7 Å². The van der Waals surface area contributed by atoms with Crippen LogP contribution in [-0.2, 0) is 0 Å². The summed E-state index contributed by atoms with van der Waals surface area (Å²) in [5.74, 6) is -0.271. The topological polar surface area (TPSA) is 93.8 Å². The predicted molar refractivity (Wildman–Crippen MR) is 112 cm³/mol. The maximum absolute atomic E-state index is 12.8. The number of carbonyl (C=O) groups is 1. The number of hydrogen-bond donors (Lipinski definition) is 2. The van der Waals surface area contributed by atoms with E-state index in [1.807, 2.05) is 44.4 Å². The Kier molecular flexibility index (Phi) is 4.37. The van der Waals surface area contributed by atoms with Crippen LogP contribution in [0.5, 0.6) is 0 Å². The number of nitrogen functional groups attached to an aromatic ring is 1. The van der Waals surface area contributed by atoms with Gasteiger partial charge in [0.1, 0.15) is 15.4 Å². The molecule has 0 bridgehead atoms. The molecule has 4 heterocycles. The maximum Gasteiger partial charge on any atom is 0.269 e. The van der Waals surface area contributed by atoms with E-state index in [9.17, 15) is 4.79 Å². The van der Waals surface area contributed by atoms with Gasteiger partial charge in [0.15, 0.2) is 5.13 Å². The van der Waals surface area contributed by atoms with E-state index >= 15 is 0 Å². The second kappa shape index (κ2) is 6.71. The van der Waals surface area contributed by atoms with Crippen molar-refractivity contribution in [3.63, 3.8) is 0 Å². The first-order valence-electron chi connectivity index (χ1n) is 8.29. The molecule has 136 valence electrons. The van der Waals surface area contributed by atoms with Crippen molar-refractivity contribution in [2.24, 2.45) is 0 Å². The summed E-state index contributed by atoms with van der Waals surface area (Å²) in [5.41, 5.74) is 11.4. The van der Waals surface area contributed by atoms with Gasteiger partial charge in [-0.25, -0.2) is 9.97 Å². The van der Waals surface area contributed by atoms with Crippen LogP contribution in [-0.4, -0.2) is 20.9 Å². The third kappa shape index (κ3) is 3.07. The first-order valence-corrected chi connectivity index (χ1v) is 9.99. The molecule has 8 heteroatoms. The van der Waals surface area contributed by atoms with Crippen LogP contribution in [0.25, 0.3) is 21.6 Å². The number of thiazole rings is 1. The van der Waals surface area contributed by atoms with E-state index in [2.05, 4.69) is 20.3 Å². The second-order valence-electron chi connectivity index (χ2n) is 6.18. The Morgan fingerprint density at radius 1 is 1.11 bits per heavy atom. The molecular formula is C19H17N5OS2. The van der Waals surface area contributed by atoms with Crippen molar-refractivity contribution in [3.8, 4) is 11.4 Å². The van der Waals surface area contributed by atoms with Crippen LogP contribution in [0.2, 0.25) is 0 Å². The number of aryl methyl sites for hydroxylation is 2. The predicted octanol–water partition coefficient (Wildman–Crippen LogP) is 4.57. The minimum atomic E-state index is -0.271. The standard InChI is InChI=1S/C19H17N5OS2/c1-9-10(2)14-15(20)16(27-18(14)22-11(9)3)17(25)24-19-23-13(8-26-19)12-6-4-5-7-21-12/h4-8H,20H2,1-3H3,(H,23,24,25). The second-order valence-corrected chi connectivity index (χ2v) is 8.04. The van der Waals surface area contributed by atoms with E-state index in [1.165, 1.54) is 22.7 Å². The summed E-state index contributed by atoms with van der Waals surface area (Å²) >= 11 is 2.66. The molecule has 0 aliphatic rings. The highest BCUT2D eigenvalue weighted by molar-refractivity contribution is 7.21. The number of hydrogen-bond acceptors (Lipinski definition) is 7. The van der Waals surface area contributed by atoms with Crippen LogP contribution in [0.4, 0.5) is 10.8 Å². The van der Waals surface area contributed by atoms with Gasteiger partial charge in [-0.15, -0.1) is 22.7 Å². The van der Waals surface area contributed by atoms with E-state index < -0.39 is 0 Å². The molecule has 0 unspecified atom stereocenters. The Hall–Kier alpha value is -2.84. The van der Waals surface area contributed by atoms with Crippen LogP contribution in [0.3, 0.4) is 0 Å². The lowest BCUT2D eigenvalue weighted by Gasteiger charge is -2.05. The monoisotopic (exact) mass is 395 g/mol. The summed E-state index contributed by atoms with van der Waals surface area (Å²) in [7, 11) is 0. The molecule has 0 radical (unpaired) electrons. The average molecular weight is 396 g/mol. The minimum absolute atomic E-state index is 0.271. The van der Waals surface area contributed by atoms with Crippen molar-refractivity contribution in [2.45, 2.75) is 20.8 Å². The molecule has 1 amide bonds. The number of amides is 1. The number of pyridine rings is 2. The smallest absolute Gasteiger partial charge is 0.269 e. The first-order chi connectivity index (χ1) is 13.0. The zero-order valence-corrected chi connectivity index (χ0v) is 16.7. The molecule has 27 heavy (non-hydrogen) atoms. The number of anilines is 2. The van der Waals surface area contributed by atoms with Crippen LogP contribution >= 0.6 is 22.7 Å². The van der Waals surface area contributed by atoms with Gasteiger partial charge in [0.05, 0.1) is 11.4 Å². The SMILES string of the molecule is Cc1nc2sc(C(=O)Nc3nc(-c4ccccn4)cs3)c(N)c2c(C)c1C. The molecule has 3 N–H and O–H groups in total. The summed E-state index contributed by atoms with van der Waals surface area (Å²) in [5, 5.41) is 6.08. The molecule has 4 aromatic heterocycles. The third-order valence-electron chi connectivity index (χ3n) is 4.53. The Bertz CT molecular complexity index is 1160. The molecule has 4 aromatic rings. The van der Waals surface area contributed by atoms with Crippen molar-refractivity contribution >= 4 is 49.6 Å². The van der Waals surface area contributed by atoms with Gasteiger partial charge in [-0.2, -0.15) is 0 Å². The summed E-state index contributed by atoms with van der Waals surface area (Å²) in [6.45, 7) is 5.99. The number of nitrogens with two attached hydrogens (primary N) is 1. The number of nitrogens with zero attached hydrogens (tertiary/aromatic N) is 3. The molecule has 0 fully saturated rings. The van der Waals surface area contributed by atoms with E-state index in [-0.39, 0.29) is 5.91 Å². The van der Waals surface area contributed by atoms with E-state index in [4.69, 9.17) is 5.73 Å². The summed E-state index contributed by atoms with van der Waals surface area (Å²) in [6.07, 6.45) is 1.71. The Morgan fingerprint density at radius 3 is 2.67 bits per heavy atom. The van der Waals surface area contributed by atoms with Gasteiger partial charge in [0.2, 0.25) is 0 Å². The number of rotatable bonds is 3. The lowest BCUT2D eigenvalue weighted by atomic mass is 10.1. The van der Waals surface area contributed by atoms with Crippen LogP contribution in [0, 0.1) is 20.8 Å². The highest BCUT2D eigenvalue weighted by Crippen LogP contribution is 2.37. The quantitative estimate of drug-likeness (QED) is 0.530. The van der Waals surface area contributed by atoms with Gasteiger partial charge in [0.25, 0.3) is 5.91 Å². The fraction of sp³-hybridized carbons (Fsp3) is 0.158. The van der Waals surface area contributed by atoms with Gasteiger partial charge in [-0.05, 0) is 44.0 Å². The average Bonchev–Trinajstić information content (AvgIpc) is 3.25. The van der Waals surface area contributed by atoms with Gasteiger partial charge < -0.3 is 5.73 Å². The van der Waals surface area contributed by atoms with E-state index in [0.29, 0.717) is 15.7 Å². The lowest BCUT2D eigenvalue weighted by molar-refractivity contribution is 0.103. The van der Waals surface area contributed by atoms with Crippen molar-refractivity contribution in [2.75, 3.05) is 11.1 Å². The van der Waals surface area contributed by atoms with Crippen molar-refractivity contribution in [3.05, 3.63) is 51.5 Å². The molecule has 0 atom stereocenters. The Morgan fingerprint density at radius 2 is 1.93 bits per heavy atom. The molecule has 0 aliphatic carbocycles. The number of thiophene rings is 1. The Balaban J connectivity index is 1.65. The zero-order chi connectivity index (χ0) is 19.1. The number of nitrogens with one attached hydrogen (secondary N) is 1. The number of aromatic nitrogens is 3. The molecule has 6 nitrogen and oxygen atoms in total. The molecule has 0 saturated heterocycles. The van der Waals surface area contributed by atoms with E-state index in [1.54, 1.807) is 6.20 Å². The molecular weight excluding hydrogens is 378 g/mol. The molecule has 0 aliphatic heterocycles. The molecule has 0 aromatic carbocycles. The maximum atomic E-state index is 12.8. The first kappa shape index (κ1) is 17.6. The van der Waals surface area contributed by atoms with Crippen molar-refractivity contribution in [1.82, 2.24) is 15.0 Å². The summed E-state index contributed by atoms with van der Waals surface area (Å²) in [6, 6.07) is 5.63. The molecule has 0 saturated carbocycles. The van der Waals surface area contributed by atoms with E-state index in [0.717, 1.165) is 38.4 Å². The fourth-order valence-corrected chi connectivity index (χ4v) is 4.65. The molecule has 0 spiro atoms. The third-order valence-corrected chi connectivity index (χ3v) is 6.39. The zero-order valence-electron chi connectivity index (χ0n) is 15.0. The normalized spacial score (nSPS) is 11.1. The summed E-state index contributed by atoms with van der Waals surface area (Å²) < 4.78 is 0. The van der Waals surface area contributed by atoms with Crippen LogP contribution in [0.15, 0.2) is 29.8 Å². The van der Waals surface area contributed by atoms with Crippen LogP contribution in [0.1, 0.15) is 26.5 Å². The minimum Gasteiger partial charge on any atom is -0.397 e. The van der Waals surface area contributed by atoms with Crippen molar-refractivity contribution in [1.29, 1.82) is 0 Å². The number of carbonyl (C=O) groups excluding carboxylic acids is 1. The van der Waals surface area contributed by atoms with Crippen LogP contribution < -0.4 is 11.1 Å².